The van der Waals surface area contributed by atoms with E-state index in [9.17, 15) is 9.90 Å². The van der Waals surface area contributed by atoms with Crippen molar-refractivity contribution in [1.29, 1.82) is 0 Å². The molecule has 2 N–H and O–H groups in total. The van der Waals surface area contributed by atoms with Gasteiger partial charge in [-0.2, -0.15) is 0 Å². The molecule has 0 aliphatic rings. The fourth-order valence-corrected chi connectivity index (χ4v) is 1.55. The molecule has 1 aromatic heterocycles. The molecule has 0 fully saturated rings. The Bertz CT molecular complexity index is 365. The van der Waals surface area contributed by atoms with Crippen LogP contribution in [0, 0.1) is 5.92 Å². The van der Waals surface area contributed by atoms with E-state index >= 15 is 0 Å². The summed E-state index contributed by atoms with van der Waals surface area (Å²) in [5.74, 6) is 0.0973. The molecule has 0 bridgehead atoms. The minimum absolute atomic E-state index is 0.237. The molecule has 17 heavy (non-hydrogen) atoms. The van der Waals surface area contributed by atoms with Crippen LogP contribution in [0.15, 0.2) is 18.3 Å². The topological polar surface area (TPSA) is 62.2 Å². The second-order valence-electron chi connectivity index (χ2n) is 4.36. The third-order valence-electron chi connectivity index (χ3n) is 2.20. The van der Waals surface area contributed by atoms with Gasteiger partial charge in [0.05, 0.1) is 11.1 Å². The lowest BCUT2D eigenvalue weighted by molar-refractivity contribution is 0.0895. The molecule has 0 aliphatic carbocycles. The normalized spacial score (nSPS) is 12.5. The molecule has 4 nitrogen and oxygen atoms in total. The molecule has 5 heteroatoms. The summed E-state index contributed by atoms with van der Waals surface area (Å²) in [4.78, 5) is 15.5. The van der Waals surface area contributed by atoms with Gasteiger partial charge < -0.3 is 10.4 Å². The van der Waals surface area contributed by atoms with Gasteiger partial charge in [0.1, 0.15) is 5.69 Å². The maximum atomic E-state index is 11.6. The summed E-state index contributed by atoms with van der Waals surface area (Å²) in [6.45, 7) is 4.28. The first kappa shape index (κ1) is 13.9. The molecule has 1 amide bonds. The highest BCUT2D eigenvalue weighted by Crippen LogP contribution is 2.06. The van der Waals surface area contributed by atoms with Crippen LogP contribution >= 0.6 is 11.6 Å². The standard InChI is InChI=1S/C12H17ClN2O2/c1-8(2)5-10(16)7-15-12(17)11-4-3-9(13)6-14-11/h3-4,6,8,10,16H,5,7H2,1-2H3,(H,15,17). The van der Waals surface area contributed by atoms with Crippen molar-refractivity contribution in [2.24, 2.45) is 5.92 Å². The lowest BCUT2D eigenvalue weighted by Gasteiger charge is -2.13. The predicted octanol–water partition coefficient (Wildman–Crippen LogP) is 1.87. The average Bonchev–Trinajstić information content (AvgIpc) is 2.26. The summed E-state index contributed by atoms with van der Waals surface area (Å²) in [5.41, 5.74) is 0.297. The third kappa shape index (κ3) is 5.15. The van der Waals surface area contributed by atoms with E-state index in [0.717, 1.165) is 0 Å². The van der Waals surface area contributed by atoms with Crippen LogP contribution in [0.3, 0.4) is 0 Å². The monoisotopic (exact) mass is 256 g/mol. The van der Waals surface area contributed by atoms with Gasteiger partial charge in [-0.25, -0.2) is 4.98 Å². The first-order valence-electron chi connectivity index (χ1n) is 5.57. The summed E-state index contributed by atoms with van der Waals surface area (Å²) in [5, 5.41) is 12.7. The van der Waals surface area contributed by atoms with Gasteiger partial charge in [-0.1, -0.05) is 25.4 Å². The molecule has 0 spiro atoms. The summed E-state index contributed by atoms with van der Waals surface area (Å²) in [7, 11) is 0. The second kappa shape index (κ2) is 6.57. The Morgan fingerprint density at radius 2 is 2.24 bits per heavy atom. The molecule has 1 rings (SSSR count). The first-order chi connectivity index (χ1) is 7.99. The Hall–Kier alpha value is -1.13. The lowest BCUT2D eigenvalue weighted by atomic mass is 10.1. The van der Waals surface area contributed by atoms with Crippen LogP contribution in [0.4, 0.5) is 0 Å². The number of nitrogens with zero attached hydrogens (tertiary/aromatic N) is 1. The highest BCUT2D eigenvalue weighted by atomic mass is 35.5. The molecule has 0 aromatic carbocycles. The summed E-state index contributed by atoms with van der Waals surface area (Å²) in [6, 6.07) is 3.15. The van der Waals surface area contributed by atoms with Crippen LogP contribution in [-0.2, 0) is 0 Å². The smallest absolute Gasteiger partial charge is 0.269 e. The highest BCUT2D eigenvalue weighted by molar-refractivity contribution is 6.30. The predicted molar refractivity (Wildman–Crippen MR) is 67.0 cm³/mol. The Labute approximate surface area is 106 Å². The van der Waals surface area contributed by atoms with E-state index in [1.54, 1.807) is 12.1 Å². The molecule has 1 unspecified atom stereocenters. The van der Waals surface area contributed by atoms with E-state index in [1.807, 2.05) is 13.8 Å². The number of aliphatic hydroxyl groups is 1. The van der Waals surface area contributed by atoms with E-state index in [0.29, 0.717) is 23.1 Å². The number of aliphatic hydroxyl groups excluding tert-OH is 1. The highest BCUT2D eigenvalue weighted by Gasteiger charge is 2.11. The maximum Gasteiger partial charge on any atom is 0.269 e. The molecule has 1 atom stereocenters. The second-order valence-corrected chi connectivity index (χ2v) is 4.79. The van der Waals surface area contributed by atoms with E-state index < -0.39 is 6.10 Å². The number of carbonyl (C=O) groups is 1. The minimum atomic E-state index is -0.522. The summed E-state index contributed by atoms with van der Waals surface area (Å²) >= 11 is 5.67. The van der Waals surface area contributed by atoms with Crippen LogP contribution in [0.1, 0.15) is 30.8 Å². The van der Waals surface area contributed by atoms with Gasteiger partial charge in [0.25, 0.3) is 5.91 Å². The fourth-order valence-electron chi connectivity index (χ4n) is 1.44. The summed E-state index contributed by atoms with van der Waals surface area (Å²) in [6.07, 6.45) is 1.56. The number of carbonyl (C=O) groups excluding carboxylic acids is 1. The number of amides is 1. The quantitative estimate of drug-likeness (QED) is 0.846. The molecule has 0 saturated carbocycles. The minimum Gasteiger partial charge on any atom is -0.391 e. The van der Waals surface area contributed by atoms with Crippen molar-refractivity contribution >= 4 is 17.5 Å². The molecule has 1 aromatic rings. The zero-order valence-electron chi connectivity index (χ0n) is 9.98. The molecule has 0 aliphatic heterocycles. The van der Waals surface area contributed by atoms with Gasteiger partial charge in [-0.05, 0) is 24.5 Å². The number of hydrogen-bond donors (Lipinski definition) is 2. The van der Waals surface area contributed by atoms with Gasteiger partial charge in [-0.15, -0.1) is 0 Å². The molecular weight excluding hydrogens is 240 g/mol. The van der Waals surface area contributed by atoms with Crippen molar-refractivity contribution in [3.63, 3.8) is 0 Å². The van der Waals surface area contributed by atoms with E-state index in [2.05, 4.69) is 10.3 Å². The number of hydrogen-bond acceptors (Lipinski definition) is 3. The SMILES string of the molecule is CC(C)CC(O)CNC(=O)c1ccc(Cl)cn1. The van der Waals surface area contributed by atoms with Crippen molar-refractivity contribution in [3.05, 3.63) is 29.0 Å². The van der Waals surface area contributed by atoms with Crippen LogP contribution in [0.25, 0.3) is 0 Å². The largest absolute Gasteiger partial charge is 0.391 e. The van der Waals surface area contributed by atoms with Crippen molar-refractivity contribution in [3.8, 4) is 0 Å². The van der Waals surface area contributed by atoms with E-state index in [1.165, 1.54) is 6.20 Å². The molecule has 94 valence electrons. The number of halogens is 1. The average molecular weight is 257 g/mol. The Balaban J connectivity index is 2.42. The number of aromatic nitrogens is 1. The van der Waals surface area contributed by atoms with Crippen LogP contribution in [0.2, 0.25) is 5.02 Å². The van der Waals surface area contributed by atoms with Gasteiger partial charge in [0.15, 0.2) is 0 Å². The Kier molecular flexibility index (Phi) is 5.38. The first-order valence-corrected chi connectivity index (χ1v) is 5.94. The fraction of sp³-hybridized carbons (Fsp3) is 0.500. The maximum absolute atomic E-state index is 11.6. The number of nitrogens with one attached hydrogen (secondary N) is 1. The number of rotatable bonds is 5. The van der Waals surface area contributed by atoms with Crippen molar-refractivity contribution < 1.29 is 9.90 Å². The van der Waals surface area contributed by atoms with Gasteiger partial charge in [0.2, 0.25) is 0 Å². The molecule has 1 heterocycles. The van der Waals surface area contributed by atoms with Crippen LogP contribution < -0.4 is 5.32 Å². The van der Waals surface area contributed by atoms with Gasteiger partial charge in [-0.3, -0.25) is 4.79 Å². The third-order valence-corrected chi connectivity index (χ3v) is 2.43. The van der Waals surface area contributed by atoms with Gasteiger partial charge >= 0.3 is 0 Å². The molecular formula is C12H17ClN2O2. The van der Waals surface area contributed by atoms with Crippen molar-refractivity contribution in [2.45, 2.75) is 26.4 Å². The van der Waals surface area contributed by atoms with Gasteiger partial charge in [0, 0.05) is 12.7 Å². The molecule has 0 radical (unpaired) electrons. The van der Waals surface area contributed by atoms with Crippen LogP contribution in [-0.4, -0.2) is 28.6 Å². The zero-order valence-corrected chi connectivity index (χ0v) is 10.7. The Morgan fingerprint density at radius 1 is 1.53 bits per heavy atom. The van der Waals surface area contributed by atoms with Crippen molar-refractivity contribution in [1.82, 2.24) is 10.3 Å². The van der Waals surface area contributed by atoms with E-state index in [4.69, 9.17) is 11.6 Å². The lowest BCUT2D eigenvalue weighted by Crippen LogP contribution is -2.33. The molecule has 0 saturated heterocycles. The summed E-state index contributed by atoms with van der Waals surface area (Å²) < 4.78 is 0. The van der Waals surface area contributed by atoms with Crippen molar-refractivity contribution in [2.75, 3.05) is 6.54 Å². The Morgan fingerprint density at radius 3 is 2.76 bits per heavy atom. The number of pyridine rings is 1. The van der Waals surface area contributed by atoms with Crippen LogP contribution in [0.5, 0.6) is 0 Å². The van der Waals surface area contributed by atoms with E-state index in [-0.39, 0.29) is 12.5 Å². The zero-order chi connectivity index (χ0) is 12.8.